The minimum absolute atomic E-state index is 0.0173. The Balaban J connectivity index is 1.46. The Morgan fingerprint density at radius 2 is 1.87 bits per heavy atom. The highest BCUT2D eigenvalue weighted by atomic mass is 19.4. The molecule has 0 saturated carbocycles. The number of piperidine rings is 1. The summed E-state index contributed by atoms with van der Waals surface area (Å²) in [5, 5.41) is 2.71. The standard InChI is InChI=1S/C21H26F3N3O3/c22-21(23,24)17-6-4-5-15(11-17)13-27-14-16(12-19(27)29)20(30)25-8-7-18(28)26-9-2-1-3-10-26/h4-6,11,16H,1-3,7-10,12-14H2,(H,25,30). The van der Waals surface area contributed by atoms with Crippen molar-refractivity contribution in [3.05, 3.63) is 35.4 Å². The Kier molecular flexibility index (Phi) is 6.99. The Labute approximate surface area is 173 Å². The van der Waals surface area contributed by atoms with Crippen LogP contribution in [0, 0.1) is 5.92 Å². The van der Waals surface area contributed by atoms with Gasteiger partial charge in [0.1, 0.15) is 0 Å². The summed E-state index contributed by atoms with van der Waals surface area (Å²) in [4.78, 5) is 39.9. The van der Waals surface area contributed by atoms with Crippen LogP contribution < -0.4 is 5.32 Å². The number of hydrogen-bond donors (Lipinski definition) is 1. The number of hydrogen-bond acceptors (Lipinski definition) is 3. The quantitative estimate of drug-likeness (QED) is 0.762. The average Bonchev–Trinajstić information content (AvgIpc) is 3.08. The number of amides is 3. The Morgan fingerprint density at radius 1 is 1.13 bits per heavy atom. The molecule has 1 N–H and O–H groups in total. The largest absolute Gasteiger partial charge is 0.416 e. The van der Waals surface area contributed by atoms with Crippen LogP contribution in [-0.2, 0) is 27.1 Å². The van der Waals surface area contributed by atoms with E-state index in [0.717, 1.165) is 44.5 Å². The molecule has 2 fully saturated rings. The van der Waals surface area contributed by atoms with Gasteiger partial charge >= 0.3 is 6.18 Å². The van der Waals surface area contributed by atoms with E-state index in [2.05, 4.69) is 5.32 Å². The van der Waals surface area contributed by atoms with Crippen molar-refractivity contribution in [1.29, 1.82) is 0 Å². The van der Waals surface area contributed by atoms with Crippen molar-refractivity contribution in [2.24, 2.45) is 5.92 Å². The summed E-state index contributed by atoms with van der Waals surface area (Å²) >= 11 is 0. The van der Waals surface area contributed by atoms with Crippen LogP contribution in [0.5, 0.6) is 0 Å². The van der Waals surface area contributed by atoms with E-state index in [0.29, 0.717) is 5.56 Å². The predicted octanol–water partition coefficient (Wildman–Crippen LogP) is 2.57. The maximum Gasteiger partial charge on any atom is 0.416 e. The molecule has 1 unspecified atom stereocenters. The molecule has 0 aromatic heterocycles. The molecule has 0 spiro atoms. The average molecular weight is 425 g/mol. The van der Waals surface area contributed by atoms with Gasteiger partial charge in [0.2, 0.25) is 17.7 Å². The molecule has 2 aliphatic rings. The summed E-state index contributed by atoms with van der Waals surface area (Å²) < 4.78 is 38.6. The van der Waals surface area contributed by atoms with E-state index in [9.17, 15) is 27.6 Å². The predicted molar refractivity (Wildman–Crippen MR) is 103 cm³/mol. The number of rotatable bonds is 6. The second kappa shape index (κ2) is 9.49. The number of alkyl halides is 3. The van der Waals surface area contributed by atoms with Gasteiger partial charge in [-0.1, -0.05) is 12.1 Å². The van der Waals surface area contributed by atoms with Crippen LogP contribution in [0.1, 0.15) is 43.2 Å². The third-order valence-electron chi connectivity index (χ3n) is 5.56. The van der Waals surface area contributed by atoms with Crippen LogP contribution in [0.2, 0.25) is 0 Å². The minimum atomic E-state index is -4.45. The van der Waals surface area contributed by atoms with Gasteiger partial charge in [-0.3, -0.25) is 14.4 Å². The van der Waals surface area contributed by atoms with Gasteiger partial charge in [0.25, 0.3) is 0 Å². The monoisotopic (exact) mass is 425 g/mol. The SMILES string of the molecule is O=C(NCCC(=O)N1CCCCC1)C1CC(=O)N(Cc2cccc(C(F)(F)F)c2)C1. The lowest BCUT2D eigenvalue weighted by Gasteiger charge is -2.26. The smallest absolute Gasteiger partial charge is 0.355 e. The van der Waals surface area contributed by atoms with Crippen molar-refractivity contribution in [2.45, 2.75) is 44.8 Å². The molecule has 9 heteroatoms. The number of nitrogens with one attached hydrogen (secondary N) is 1. The van der Waals surface area contributed by atoms with Crippen molar-refractivity contribution in [2.75, 3.05) is 26.2 Å². The Hall–Kier alpha value is -2.58. The van der Waals surface area contributed by atoms with Crippen molar-refractivity contribution in [3.63, 3.8) is 0 Å². The zero-order chi connectivity index (χ0) is 21.7. The van der Waals surface area contributed by atoms with Crippen molar-refractivity contribution in [3.8, 4) is 0 Å². The number of carbonyl (C=O) groups excluding carboxylic acids is 3. The molecule has 164 valence electrons. The molecule has 3 amide bonds. The summed E-state index contributed by atoms with van der Waals surface area (Å²) in [5.74, 6) is -1.12. The van der Waals surface area contributed by atoms with Gasteiger partial charge in [0, 0.05) is 45.6 Å². The molecule has 6 nitrogen and oxygen atoms in total. The van der Waals surface area contributed by atoms with Gasteiger partial charge in [-0.15, -0.1) is 0 Å². The van der Waals surface area contributed by atoms with Gasteiger partial charge in [-0.25, -0.2) is 0 Å². The molecule has 3 rings (SSSR count). The van der Waals surface area contributed by atoms with Crippen molar-refractivity contribution < 1.29 is 27.6 Å². The van der Waals surface area contributed by atoms with E-state index in [1.165, 1.54) is 17.0 Å². The molecule has 1 atom stereocenters. The van der Waals surface area contributed by atoms with Crippen LogP contribution in [0.25, 0.3) is 0 Å². The maximum absolute atomic E-state index is 12.9. The van der Waals surface area contributed by atoms with E-state index in [1.807, 2.05) is 4.90 Å². The lowest BCUT2D eigenvalue weighted by molar-refractivity contribution is -0.137. The number of nitrogens with zero attached hydrogens (tertiary/aromatic N) is 2. The van der Waals surface area contributed by atoms with Crippen LogP contribution >= 0.6 is 0 Å². The van der Waals surface area contributed by atoms with Crippen LogP contribution in [0.3, 0.4) is 0 Å². The van der Waals surface area contributed by atoms with E-state index in [-0.39, 0.29) is 50.2 Å². The summed E-state index contributed by atoms with van der Waals surface area (Å²) in [7, 11) is 0. The zero-order valence-corrected chi connectivity index (χ0v) is 16.7. The summed E-state index contributed by atoms with van der Waals surface area (Å²) in [6.45, 7) is 1.91. The second-order valence-corrected chi connectivity index (χ2v) is 7.86. The second-order valence-electron chi connectivity index (χ2n) is 7.86. The van der Waals surface area contributed by atoms with E-state index < -0.39 is 17.7 Å². The number of halogens is 3. The van der Waals surface area contributed by atoms with Gasteiger partial charge in [0.15, 0.2) is 0 Å². The highest BCUT2D eigenvalue weighted by molar-refractivity contribution is 5.89. The van der Waals surface area contributed by atoms with E-state index >= 15 is 0 Å². The third-order valence-corrected chi connectivity index (χ3v) is 5.56. The Bertz CT molecular complexity index is 791. The molecule has 1 aromatic carbocycles. The molecular formula is C21H26F3N3O3. The fourth-order valence-corrected chi connectivity index (χ4v) is 3.91. The van der Waals surface area contributed by atoms with Crippen molar-refractivity contribution in [1.82, 2.24) is 15.1 Å². The molecule has 0 radical (unpaired) electrons. The fourth-order valence-electron chi connectivity index (χ4n) is 3.91. The molecule has 2 aliphatic heterocycles. The van der Waals surface area contributed by atoms with Crippen LogP contribution in [0.15, 0.2) is 24.3 Å². The van der Waals surface area contributed by atoms with Gasteiger partial charge in [-0.2, -0.15) is 13.2 Å². The summed E-state index contributed by atoms with van der Waals surface area (Å²) in [6, 6.07) is 4.84. The minimum Gasteiger partial charge on any atom is -0.355 e. The molecule has 30 heavy (non-hydrogen) atoms. The van der Waals surface area contributed by atoms with Crippen molar-refractivity contribution >= 4 is 17.7 Å². The molecule has 0 bridgehead atoms. The highest BCUT2D eigenvalue weighted by Gasteiger charge is 2.35. The Morgan fingerprint density at radius 3 is 2.57 bits per heavy atom. The fraction of sp³-hybridized carbons (Fsp3) is 0.571. The zero-order valence-electron chi connectivity index (χ0n) is 16.7. The first-order valence-corrected chi connectivity index (χ1v) is 10.2. The molecular weight excluding hydrogens is 399 g/mol. The van der Waals surface area contributed by atoms with Gasteiger partial charge in [-0.05, 0) is 37.0 Å². The highest BCUT2D eigenvalue weighted by Crippen LogP contribution is 2.30. The number of benzene rings is 1. The lowest BCUT2D eigenvalue weighted by Crippen LogP contribution is -2.39. The van der Waals surface area contributed by atoms with E-state index in [4.69, 9.17) is 0 Å². The number of carbonyl (C=O) groups is 3. The van der Waals surface area contributed by atoms with Crippen LogP contribution in [-0.4, -0.2) is 53.7 Å². The summed E-state index contributed by atoms with van der Waals surface area (Å²) in [6.07, 6.45) is -1.06. The topological polar surface area (TPSA) is 69.7 Å². The van der Waals surface area contributed by atoms with Gasteiger partial charge < -0.3 is 15.1 Å². The molecule has 1 aromatic rings. The maximum atomic E-state index is 12.9. The normalized spacial score (nSPS) is 19.8. The first-order valence-electron chi connectivity index (χ1n) is 10.2. The van der Waals surface area contributed by atoms with Crippen LogP contribution in [0.4, 0.5) is 13.2 Å². The lowest BCUT2D eigenvalue weighted by atomic mass is 10.1. The summed E-state index contributed by atoms with van der Waals surface area (Å²) in [5.41, 5.74) is -0.398. The third kappa shape index (κ3) is 5.73. The first-order chi connectivity index (χ1) is 14.2. The van der Waals surface area contributed by atoms with E-state index in [1.54, 1.807) is 0 Å². The first kappa shape index (κ1) is 22.1. The molecule has 0 aliphatic carbocycles. The molecule has 2 heterocycles. The van der Waals surface area contributed by atoms with Gasteiger partial charge in [0.05, 0.1) is 11.5 Å². The molecule has 2 saturated heterocycles. The number of likely N-dealkylation sites (tertiary alicyclic amines) is 2.